The molecule has 1 heterocycles. The lowest BCUT2D eigenvalue weighted by Gasteiger charge is -2.28. The van der Waals surface area contributed by atoms with E-state index in [-0.39, 0.29) is 10.8 Å². The number of hydrogen-bond donors (Lipinski definition) is 2. The normalized spacial score (nSPS) is 12.7. The summed E-state index contributed by atoms with van der Waals surface area (Å²) in [6.07, 6.45) is 3.56. The molecule has 2 rings (SSSR count). The Morgan fingerprint density at radius 3 is 1.80 bits per heavy atom. The van der Waals surface area contributed by atoms with Crippen molar-refractivity contribution in [2.45, 2.75) is 52.4 Å². The van der Waals surface area contributed by atoms with Crippen LogP contribution in [0.3, 0.4) is 0 Å². The minimum Gasteiger partial charge on any atom is -0.507 e. The highest BCUT2D eigenvalue weighted by atomic mass is 16.3. The van der Waals surface area contributed by atoms with Crippen molar-refractivity contribution < 1.29 is 5.11 Å². The van der Waals surface area contributed by atoms with Crippen LogP contribution in [0.15, 0.2) is 24.5 Å². The highest BCUT2D eigenvalue weighted by Gasteiger charge is 2.27. The second-order valence-electron chi connectivity index (χ2n) is 7.36. The predicted octanol–water partition coefficient (Wildman–Crippen LogP) is 4.38. The number of phenols is 1. The van der Waals surface area contributed by atoms with Crippen molar-refractivity contribution in [1.82, 2.24) is 9.97 Å². The molecule has 0 saturated carbocycles. The summed E-state index contributed by atoms with van der Waals surface area (Å²) in [5.41, 5.74) is 2.69. The number of hydrogen-bond acceptors (Lipinski definition) is 2. The van der Waals surface area contributed by atoms with Crippen LogP contribution in [0.2, 0.25) is 0 Å². The van der Waals surface area contributed by atoms with E-state index in [2.05, 4.69) is 51.5 Å². The maximum atomic E-state index is 10.7. The Labute approximate surface area is 121 Å². The van der Waals surface area contributed by atoms with Crippen molar-refractivity contribution in [3.8, 4) is 17.1 Å². The summed E-state index contributed by atoms with van der Waals surface area (Å²) in [7, 11) is 0. The largest absolute Gasteiger partial charge is 0.507 e. The third-order valence-electron chi connectivity index (χ3n) is 3.50. The highest BCUT2D eigenvalue weighted by Crippen LogP contribution is 2.41. The lowest BCUT2D eigenvalue weighted by molar-refractivity contribution is 0.423. The van der Waals surface area contributed by atoms with E-state index < -0.39 is 0 Å². The molecule has 0 aliphatic heterocycles. The van der Waals surface area contributed by atoms with Gasteiger partial charge in [-0.2, -0.15) is 0 Å². The van der Waals surface area contributed by atoms with Crippen molar-refractivity contribution >= 4 is 0 Å². The smallest absolute Gasteiger partial charge is 0.137 e. The summed E-state index contributed by atoms with van der Waals surface area (Å²) in [4.78, 5) is 7.46. The average molecular weight is 272 g/mol. The van der Waals surface area contributed by atoms with Gasteiger partial charge < -0.3 is 10.1 Å². The van der Waals surface area contributed by atoms with E-state index in [1.807, 2.05) is 18.3 Å². The van der Waals surface area contributed by atoms with E-state index >= 15 is 0 Å². The van der Waals surface area contributed by atoms with Crippen LogP contribution in [-0.2, 0) is 10.8 Å². The number of H-pyrrole nitrogens is 1. The minimum absolute atomic E-state index is 0.118. The molecule has 2 aromatic rings. The Bertz CT molecular complexity index is 564. The van der Waals surface area contributed by atoms with E-state index in [9.17, 15) is 5.11 Å². The maximum absolute atomic E-state index is 10.7. The minimum atomic E-state index is -0.118. The van der Waals surface area contributed by atoms with E-state index in [0.29, 0.717) is 5.75 Å². The van der Waals surface area contributed by atoms with Gasteiger partial charge in [-0.25, -0.2) is 4.98 Å². The first-order valence-electron chi connectivity index (χ1n) is 6.98. The Morgan fingerprint density at radius 1 is 0.950 bits per heavy atom. The molecule has 0 fully saturated rings. The molecule has 0 amide bonds. The van der Waals surface area contributed by atoms with Gasteiger partial charge in [-0.15, -0.1) is 0 Å². The SMILES string of the molecule is CC(C)(C)c1cc(-c2ncc[nH]2)cc(C(C)(C)C)c1O. The fraction of sp³-hybridized carbons (Fsp3) is 0.471. The van der Waals surface area contributed by atoms with Crippen LogP contribution in [0.4, 0.5) is 0 Å². The number of benzene rings is 1. The van der Waals surface area contributed by atoms with Crippen LogP contribution in [0, 0.1) is 0 Å². The molecule has 0 spiro atoms. The summed E-state index contributed by atoms with van der Waals surface area (Å²) in [6, 6.07) is 4.06. The molecule has 1 aromatic heterocycles. The molecule has 0 bridgehead atoms. The van der Waals surface area contributed by atoms with Gasteiger partial charge in [0.2, 0.25) is 0 Å². The molecule has 3 heteroatoms. The second kappa shape index (κ2) is 4.65. The molecule has 0 atom stereocenters. The monoisotopic (exact) mass is 272 g/mol. The van der Waals surface area contributed by atoms with Gasteiger partial charge in [-0.05, 0) is 23.0 Å². The van der Waals surface area contributed by atoms with Gasteiger partial charge in [0.25, 0.3) is 0 Å². The molecule has 0 saturated heterocycles. The number of phenolic OH excluding ortho intramolecular Hbond substituents is 1. The standard InChI is InChI=1S/C17H24N2O/c1-16(2,3)12-9-11(15-18-7-8-19-15)10-13(14(12)20)17(4,5)6/h7-10,20H,1-6H3,(H,18,19). The zero-order valence-electron chi connectivity index (χ0n) is 13.2. The Kier molecular flexibility index (Phi) is 3.41. The molecule has 0 radical (unpaired) electrons. The molecule has 3 nitrogen and oxygen atoms in total. The van der Waals surface area contributed by atoms with E-state index in [0.717, 1.165) is 22.5 Å². The molecular weight excluding hydrogens is 248 g/mol. The van der Waals surface area contributed by atoms with Gasteiger partial charge in [0.15, 0.2) is 0 Å². The van der Waals surface area contributed by atoms with Crippen molar-refractivity contribution in [2.24, 2.45) is 0 Å². The number of nitrogens with one attached hydrogen (secondary N) is 1. The maximum Gasteiger partial charge on any atom is 0.137 e. The summed E-state index contributed by atoms with van der Waals surface area (Å²) in [5, 5.41) is 10.7. The molecule has 0 unspecified atom stereocenters. The van der Waals surface area contributed by atoms with Crippen molar-refractivity contribution in [1.29, 1.82) is 0 Å². The highest BCUT2D eigenvalue weighted by molar-refractivity contribution is 5.63. The van der Waals surface area contributed by atoms with Crippen LogP contribution < -0.4 is 0 Å². The number of nitrogens with zero attached hydrogens (tertiary/aromatic N) is 1. The molecule has 108 valence electrons. The van der Waals surface area contributed by atoms with Crippen LogP contribution in [0.1, 0.15) is 52.7 Å². The van der Waals surface area contributed by atoms with Gasteiger partial charge in [0, 0.05) is 29.1 Å². The molecule has 0 aliphatic rings. The number of aromatic hydroxyl groups is 1. The first kappa shape index (κ1) is 14.6. The summed E-state index contributed by atoms with van der Waals surface area (Å²) >= 11 is 0. The molecular formula is C17H24N2O. The molecule has 2 N–H and O–H groups in total. The molecule has 0 aliphatic carbocycles. The number of aromatic amines is 1. The van der Waals surface area contributed by atoms with E-state index in [1.165, 1.54) is 0 Å². The molecule has 1 aromatic carbocycles. The van der Waals surface area contributed by atoms with Gasteiger partial charge >= 0.3 is 0 Å². The number of imidazole rings is 1. The fourth-order valence-electron chi connectivity index (χ4n) is 2.34. The van der Waals surface area contributed by atoms with Crippen LogP contribution >= 0.6 is 0 Å². The first-order valence-corrected chi connectivity index (χ1v) is 6.98. The van der Waals surface area contributed by atoms with Gasteiger partial charge in [-0.1, -0.05) is 41.5 Å². The lowest BCUT2D eigenvalue weighted by atomic mass is 9.78. The Hall–Kier alpha value is -1.77. The second-order valence-corrected chi connectivity index (χ2v) is 7.36. The first-order chi connectivity index (χ1) is 9.10. The summed E-state index contributed by atoms with van der Waals surface area (Å²) in [6.45, 7) is 12.7. The predicted molar refractivity (Wildman–Crippen MR) is 83.1 cm³/mol. The lowest BCUT2D eigenvalue weighted by Crippen LogP contribution is -2.17. The molecule has 20 heavy (non-hydrogen) atoms. The Morgan fingerprint density at radius 2 is 1.45 bits per heavy atom. The van der Waals surface area contributed by atoms with Crippen LogP contribution in [0.25, 0.3) is 11.4 Å². The van der Waals surface area contributed by atoms with E-state index in [1.54, 1.807) is 6.20 Å². The summed E-state index contributed by atoms with van der Waals surface area (Å²) in [5.74, 6) is 1.24. The fourth-order valence-corrected chi connectivity index (χ4v) is 2.34. The van der Waals surface area contributed by atoms with Gasteiger partial charge in [0.1, 0.15) is 11.6 Å². The Balaban J connectivity index is 2.74. The average Bonchev–Trinajstić information content (AvgIpc) is 2.79. The van der Waals surface area contributed by atoms with Crippen molar-refractivity contribution in [3.63, 3.8) is 0 Å². The van der Waals surface area contributed by atoms with Crippen LogP contribution in [-0.4, -0.2) is 15.1 Å². The van der Waals surface area contributed by atoms with Gasteiger partial charge in [-0.3, -0.25) is 0 Å². The third-order valence-corrected chi connectivity index (χ3v) is 3.50. The number of aromatic nitrogens is 2. The topological polar surface area (TPSA) is 48.9 Å². The third kappa shape index (κ3) is 2.72. The van der Waals surface area contributed by atoms with E-state index in [4.69, 9.17) is 0 Å². The van der Waals surface area contributed by atoms with Crippen molar-refractivity contribution in [2.75, 3.05) is 0 Å². The van der Waals surface area contributed by atoms with Crippen LogP contribution in [0.5, 0.6) is 5.75 Å². The zero-order chi connectivity index (χ0) is 15.1. The number of rotatable bonds is 1. The van der Waals surface area contributed by atoms with Gasteiger partial charge in [0.05, 0.1) is 0 Å². The quantitative estimate of drug-likeness (QED) is 0.809. The zero-order valence-corrected chi connectivity index (χ0v) is 13.2. The van der Waals surface area contributed by atoms with Crippen molar-refractivity contribution in [3.05, 3.63) is 35.7 Å². The summed E-state index contributed by atoms with van der Waals surface area (Å²) < 4.78 is 0.